The molecule has 1 aromatic carbocycles. The van der Waals surface area contributed by atoms with E-state index in [0.717, 1.165) is 12.8 Å². The van der Waals surface area contributed by atoms with Crippen molar-refractivity contribution in [1.29, 1.82) is 0 Å². The zero-order valence-corrected chi connectivity index (χ0v) is 12.3. The summed E-state index contributed by atoms with van der Waals surface area (Å²) in [6, 6.07) is 5.11. The smallest absolute Gasteiger partial charge is 0.273 e. The lowest BCUT2D eigenvalue weighted by Gasteiger charge is -2.29. The molecule has 0 aliphatic heterocycles. The topological polar surface area (TPSA) is 72.4 Å². The summed E-state index contributed by atoms with van der Waals surface area (Å²) in [5, 5.41) is 11.6. The number of nitrogens with zero attached hydrogens (tertiary/aromatic N) is 2. The summed E-state index contributed by atoms with van der Waals surface area (Å²) in [7, 11) is 2.00. The van der Waals surface area contributed by atoms with Crippen LogP contribution in [0.1, 0.15) is 24.8 Å². The van der Waals surface area contributed by atoms with Gasteiger partial charge in [-0.05, 0) is 44.5 Å². The number of rotatable bonds is 5. The highest BCUT2D eigenvalue weighted by Gasteiger charge is 2.30. The van der Waals surface area contributed by atoms with E-state index in [0.29, 0.717) is 35.6 Å². The number of nitro benzene ring substituents is 1. The van der Waals surface area contributed by atoms with Crippen LogP contribution >= 0.6 is 11.6 Å². The fourth-order valence-electron chi connectivity index (χ4n) is 3.12. The van der Waals surface area contributed by atoms with E-state index in [1.807, 2.05) is 7.05 Å². The lowest BCUT2D eigenvalue weighted by atomic mass is 10.0. The second kappa shape index (κ2) is 6.52. The maximum atomic E-state index is 11.1. The second-order valence-corrected chi connectivity index (χ2v) is 5.88. The normalized spacial score (nSPS) is 22.4. The number of nitro groups is 1. The minimum Gasteiger partial charge on any atom is -0.330 e. The highest BCUT2D eigenvalue weighted by atomic mass is 35.5. The second-order valence-electron chi connectivity index (χ2n) is 5.44. The van der Waals surface area contributed by atoms with E-state index in [9.17, 15) is 10.1 Å². The molecule has 0 spiro atoms. The molecule has 0 amide bonds. The number of benzene rings is 1. The van der Waals surface area contributed by atoms with Crippen LogP contribution in [0.25, 0.3) is 0 Å². The van der Waals surface area contributed by atoms with Gasteiger partial charge in [0.2, 0.25) is 0 Å². The fraction of sp³-hybridized carbons (Fsp3) is 0.571. The minimum atomic E-state index is -0.353. The molecule has 5 nitrogen and oxygen atoms in total. The van der Waals surface area contributed by atoms with Gasteiger partial charge in [0, 0.05) is 29.2 Å². The summed E-state index contributed by atoms with van der Waals surface area (Å²) >= 11 is 5.96. The van der Waals surface area contributed by atoms with Crippen molar-refractivity contribution >= 4 is 17.3 Å². The SMILES string of the molecule is CN(Cc1cc(Cl)ccc1[N+](=O)[O-])C1CCCC1CN. The molecule has 110 valence electrons. The van der Waals surface area contributed by atoms with Gasteiger partial charge in [-0.15, -0.1) is 0 Å². The van der Waals surface area contributed by atoms with Gasteiger partial charge in [-0.1, -0.05) is 18.0 Å². The Morgan fingerprint density at radius 1 is 1.50 bits per heavy atom. The number of hydrogen-bond acceptors (Lipinski definition) is 4. The van der Waals surface area contributed by atoms with E-state index in [1.54, 1.807) is 12.1 Å². The molecule has 2 rings (SSSR count). The number of nitrogens with two attached hydrogens (primary N) is 1. The van der Waals surface area contributed by atoms with Gasteiger partial charge in [0.15, 0.2) is 0 Å². The zero-order valence-electron chi connectivity index (χ0n) is 11.6. The lowest BCUT2D eigenvalue weighted by Crippen LogP contribution is -2.37. The third-order valence-electron chi connectivity index (χ3n) is 4.15. The first kappa shape index (κ1) is 15.2. The van der Waals surface area contributed by atoms with Gasteiger partial charge in [0.25, 0.3) is 5.69 Å². The van der Waals surface area contributed by atoms with Crippen LogP contribution in [-0.4, -0.2) is 29.5 Å². The van der Waals surface area contributed by atoms with Crippen LogP contribution in [-0.2, 0) is 6.54 Å². The zero-order chi connectivity index (χ0) is 14.7. The summed E-state index contributed by atoms with van der Waals surface area (Å²) in [5.41, 5.74) is 6.59. The van der Waals surface area contributed by atoms with Gasteiger partial charge in [-0.3, -0.25) is 15.0 Å². The molecule has 2 atom stereocenters. The minimum absolute atomic E-state index is 0.128. The van der Waals surface area contributed by atoms with Crippen LogP contribution in [0.5, 0.6) is 0 Å². The molecule has 1 saturated carbocycles. The quantitative estimate of drug-likeness (QED) is 0.670. The first-order chi connectivity index (χ1) is 9.52. The van der Waals surface area contributed by atoms with Crippen LogP contribution in [0.4, 0.5) is 5.69 Å². The molecule has 20 heavy (non-hydrogen) atoms. The van der Waals surface area contributed by atoms with Gasteiger partial charge in [0.05, 0.1) is 4.92 Å². The Kier molecular flexibility index (Phi) is 4.96. The fourth-order valence-corrected chi connectivity index (χ4v) is 3.31. The molecule has 2 N–H and O–H groups in total. The van der Waals surface area contributed by atoms with Crippen molar-refractivity contribution in [3.63, 3.8) is 0 Å². The van der Waals surface area contributed by atoms with Crippen molar-refractivity contribution in [2.75, 3.05) is 13.6 Å². The average Bonchev–Trinajstić information content (AvgIpc) is 2.86. The Morgan fingerprint density at radius 3 is 2.90 bits per heavy atom. The van der Waals surface area contributed by atoms with Crippen LogP contribution in [0.2, 0.25) is 5.02 Å². The monoisotopic (exact) mass is 297 g/mol. The predicted octanol–water partition coefficient (Wildman–Crippen LogP) is 2.81. The predicted molar refractivity (Wildman–Crippen MR) is 79.8 cm³/mol. The Bertz CT molecular complexity index is 495. The third kappa shape index (κ3) is 3.29. The summed E-state index contributed by atoms with van der Waals surface area (Å²) in [6.07, 6.45) is 3.42. The molecule has 1 aromatic rings. The molecule has 0 heterocycles. The molecular formula is C14H20ClN3O2. The van der Waals surface area contributed by atoms with Crippen molar-refractivity contribution in [3.05, 3.63) is 38.9 Å². The van der Waals surface area contributed by atoms with E-state index >= 15 is 0 Å². The molecule has 1 aliphatic carbocycles. The Morgan fingerprint density at radius 2 is 2.25 bits per heavy atom. The Labute approximate surface area is 123 Å². The summed E-state index contributed by atoms with van der Waals surface area (Å²) < 4.78 is 0. The molecule has 0 radical (unpaired) electrons. The molecular weight excluding hydrogens is 278 g/mol. The van der Waals surface area contributed by atoms with E-state index in [-0.39, 0.29) is 10.6 Å². The molecule has 0 bridgehead atoms. The van der Waals surface area contributed by atoms with Crippen molar-refractivity contribution in [2.24, 2.45) is 11.7 Å². The maximum absolute atomic E-state index is 11.1. The third-order valence-corrected chi connectivity index (χ3v) is 4.38. The number of hydrogen-bond donors (Lipinski definition) is 1. The number of halogens is 1. The van der Waals surface area contributed by atoms with Crippen molar-refractivity contribution < 1.29 is 4.92 Å². The van der Waals surface area contributed by atoms with Crippen molar-refractivity contribution in [3.8, 4) is 0 Å². The molecule has 6 heteroatoms. The van der Waals surface area contributed by atoms with Crippen molar-refractivity contribution in [1.82, 2.24) is 4.90 Å². The van der Waals surface area contributed by atoms with E-state index in [1.165, 1.54) is 12.5 Å². The highest BCUT2D eigenvalue weighted by molar-refractivity contribution is 6.30. The summed E-state index contributed by atoms with van der Waals surface area (Å²) in [5.74, 6) is 0.484. The molecule has 1 aliphatic rings. The van der Waals surface area contributed by atoms with E-state index in [4.69, 9.17) is 17.3 Å². The summed E-state index contributed by atoms with van der Waals surface area (Å²) in [6.45, 7) is 1.20. The first-order valence-corrected chi connectivity index (χ1v) is 7.24. The molecule has 1 fully saturated rings. The van der Waals surface area contributed by atoms with E-state index in [2.05, 4.69) is 4.90 Å². The van der Waals surface area contributed by atoms with Gasteiger partial charge in [0.1, 0.15) is 0 Å². The first-order valence-electron chi connectivity index (χ1n) is 6.86. The van der Waals surface area contributed by atoms with Gasteiger partial charge >= 0.3 is 0 Å². The molecule has 0 saturated heterocycles. The van der Waals surface area contributed by atoms with E-state index < -0.39 is 0 Å². The van der Waals surface area contributed by atoms with Crippen LogP contribution in [0.3, 0.4) is 0 Å². The van der Waals surface area contributed by atoms with Crippen molar-refractivity contribution in [2.45, 2.75) is 31.8 Å². The molecule has 0 aromatic heterocycles. The molecule has 2 unspecified atom stereocenters. The van der Waals surface area contributed by atoms with Gasteiger partial charge in [-0.2, -0.15) is 0 Å². The Balaban J connectivity index is 2.16. The van der Waals surface area contributed by atoms with Crippen LogP contribution < -0.4 is 5.73 Å². The van der Waals surface area contributed by atoms with Gasteiger partial charge in [-0.25, -0.2) is 0 Å². The van der Waals surface area contributed by atoms with Gasteiger partial charge < -0.3 is 5.73 Å². The average molecular weight is 298 g/mol. The standard InChI is InChI=1S/C14H20ClN3O2/c1-17(13-4-2-3-10(13)8-16)9-11-7-12(15)5-6-14(11)18(19)20/h5-7,10,13H,2-4,8-9,16H2,1H3. The maximum Gasteiger partial charge on any atom is 0.273 e. The lowest BCUT2D eigenvalue weighted by molar-refractivity contribution is -0.385. The van der Waals surface area contributed by atoms with Crippen LogP contribution in [0.15, 0.2) is 18.2 Å². The highest BCUT2D eigenvalue weighted by Crippen LogP contribution is 2.31. The summed E-state index contributed by atoms with van der Waals surface area (Å²) in [4.78, 5) is 12.9. The Hall–Kier alpha value is -1.17. The largest absolute Gasteiger partial charge is 0.330 e. The van der Waals surface area contributed by atoms with Crippen LogP contribution in [0, 0.1) is 16.0 Å².